The molecule has 0 atom stereocenters. The maximum atomic E-state index is 6.09. The third kappa shape index (κ3) is 3.13. The van der Waals surface area contributed by atoms with E-state index in [4.69, 9.17) is 66.5 Å². The fraction of sp³-hybridized carbons (Fsp3) is 0. The smallest absolute Gasteiger partial charge is 0.121 e. The molecule has 2 aromatic carbocycles. The Morgan fingerprint density at radius 2 is 0.889 bits per heavy atom. The Kier molecular flexibility index (Phi) is 4.53. The largest absolute Gasteiger partial charge is 0.373 e. The summed E-state index contributed by atoms with van der Waals surface area (Å²) in [7, 11) is 0. The van der Waals surface area contributed by atoms with Crippen molar-refractivity contribution in [2.45, 2.75) is 0 Å². The van der Waals surface area contributed by atoms with Gasteiger partial charge in [0, 0.05) is 0 Å². The zero-order valence-corrected chi connectivity index (χ0v) is 15.3. The van der Waals surface area contributed by atoms with Crippen LogP contribution in [-0.4, -0.2) is 12.0 Å². The SMILES string of the molecule is Cl[Si](Cl)(Cl)c1ccc([Si](Cl)(Cl)Cl)c2ccccc12. The minimum atomic E-state index is -2.98. The van der Waals surface area contributed by atoms with Crippen LogP contribution in [0.15, 0.2) is 36.4 Å². The van der Waals surface area contributed by atoms with Gasteiger partial charge >= 0.3 is 12.0 Å². The standard InChI is InChI=1S/C10H6Cl6Si2/c11-17(12,13)9-5-6-10(18(14,15)16)8-4-2-1-3-7(8)9/h1-6H. The lowest BCUT2D eigenvalue weighted by Gasteiger charge is -2.17. The van der Waals surface area contributed by atoms with Crippen LogP contribution in [0.3, 0.4) is 0 Å². The summed E-state index contributed by atoms with van der Waals surface area (Å²) in [6.07, 6.45) is 0. The van der Waals surface area contributed by atoms with E-state index < -0.39 is 12.0 Å². The van der Waals surface area contributed by atoms with Gasteiger partial charge in [0.2, 0.25) is 0 Å². The van der Waals surface area contributed by atoms with E-state index in [2.05, 4.69) is 0 Å². The first kappa shape index (κ1) is 15.3. The molecule has 8 heteroatoms. The molecule has 0 aromatic heterocycles. The van der Waals surface area contributed by atoms with Gasteiger partial charge in [-0.05, 0) is 21.1 Å². The van der Waals surface area contributed by atoms with Crippen LogP contribution in [0.2, 0.25) is 0 Å². The molecule has 0 N–H and O–H groups in total. The molecule has 0 aliphatic rings. The Bertz CT molecular complexity index is 534. The molecule has 2 rings (SSSR count). The summed E-state index contributed by atoms with van der Waals surface area (Å²) in [5, 5.41) is 3.13. The van der Waals surface area contributed by atoms with Gasteiger partial charge in [0.1, 0.15) is 0 Å². The molecule has 0 amide bonds. The van der Waals surface area contributed by atoms with E-state index in [1.54, 1.807) is 12.1 Å². The molecule has 0 aliphatic heterocycles. The lowest BCUT2D eigenvalue weighted by Crippen LogP contribution is -2.36. The Balaban J connectivity index is 2.83. The minimum Gasteiger partial charge on any atom is -0.121 e. The third-order valence-electron chi connectivity index (χ3n) is 2.53. The van der Waals surface area contributed by atoms with E-state index in [9.17, 15) is 0 Å². The van der Waals surface area contributed by atoms with Crippen LogP contribution in [-0.2, 0) is 0 Å². The highest BCUT2D eigenvalue weighted by Gasteiger charge is 2.34. The van der Waals surface area contributed by atoms with Crippen LogP contribution in [0, 0.1) is 0 Å². The van der Waals surface area contributed by atoms with Gasteiger partial charge in [0.05, 0.1) is 0 Å². The molecule has 0 unspecified atom stereocenters. The van der Waals surface area contributed by atoms with Gasteiger partial charge in [0.25, 0.3) is 0 Å². The van der Waals surface area contributed by atoms with Gasteiger partial charge in [-0.1, -0.05) is 36.4 Å². The van der Waals surface area contributed by atoms with E-state index in [1.807, 2.05) is 24.3 Å². The van der Waals surface area contributed by atoms with Crippen LogP contribution in [0.5, 0.6) is 0 Å². The van der Waals surface area contributed by atoms with E-state index in [0.717, 1.165) is 21.1 Å². The predicted octanol–water partition coefficient (Wildman–Crippen LogP) is 4.56. The first-order valence-electron chi connectivity index (χ1n) is 4.87. The molecule has 0 radical (unpaired) electrons. The summed E-state index contributed by atoms with van der Waals surface area (Å²) in [5.41, 5.74) is 0. The van der Waals surface area contributed by atoms with E-state index in [-0.39, 0.29) is 0 Å². The second-order valence-electron chi connectivity index (χ2n) is 3.70. The molecule has 96 valence electrons. The van der Waals surface area contributed by atoms with Gasteiger partial charge in [0.15, 0.2) is 0 Å². The molecule has 0 saturated heterocycles. The average Bonchev–Trinajstić information content (AvgIpc) is 2.24. The van der Waals surface area contributed by atoms with E-state index in [1.165, 1.54) is 0 Å². The van der Waals surface area contributed by atoms with Gasteiger partial charge < -0.3 is 0 Å². The molecule has 2 aromatic rings. The van der Waals surface area contributed by atoms with Crippen molar-refractivity contribution in [1.29, 1.82) is 0 Å². The van der Waals surface area contributed by atoms with Crippen molar-refractivity contribution in [3.05, 3.63) is 36.4 Å². The van der Waals surface area contributed by atoms with Gasteiger partial charge in [-0.15, -0.1) is 66.5 Å². The van der Waals surface area contributed by atoms with Gasteiger partial charge in [-0.25, -0.2) is 0 Å². The highest BCUT2D eigenvalue weighted by Crippen LogP contribution is 2.27. The predicted molar refractivity (Wildman–Crippen MR) is 89.8 cm³/mol. The maximum absolute atomic E-state index is 6.09. The normalized spacial score (nSPS) is 13.0. The van der Waals surface area contributed by atoms with E-state index in [0.29, 0.717) is 0 Å². The quantitative estimate of drug-likeness (QED) is 0.517. The summed E-state index contributed by atoms with van der Waals surface area (Å²) in [5.74, 6) is 0. The lowest BCUT2D eigenvalue weighted by atomic mass is 10.1. The Morgan fingerprint density at radius 1 is 0.556 bits per heavy atom. The number of benzene rings is 2. The fourth-order valence-corrected chi connectivity index (χ4v) is 6.35. The average molecular weight is 395 g/mol. The van der Waals surface area contributed by atoms with Crippen molar-refractivity contribution in [1.82, 2.24) is 0 Å². The molecule has 0 heterocycles. The van der Waals surface area contributed by atoms with Crippen LogP contribution >= 0.6 is 66.5 Å². The summed E-state index contributed by atoms with van der Waals surface area (Å²) >= 11 is 36.5. The van der Waals surface area contributed by atoms with Crippen LogP contribution < -0.4 is 10.4 Å². The molecule has 0 bridgehead atoms. The molecular formula is C10H6Cl6Si2. The second-order valence-corrected chi connectivity index (χ2v) is 20.5. The Hall–Kier alpha value is 0.874. The van der Waals surface area contributed by atoms with Gasteiger partial charge in [-0.3, -0.25) is 0 Å². The van der Waals surface area contributed by atoms with Gasteiger partial charge in [-0.2, -0.15) is 0 Å². The van der Waals surface area contributed by atoms with Crippen LogP contribution in [0.25, 0.3) is 10.8 Å². The van der Waals surface area contributed by atoms with Crippen molar-refractivity contribution in [3.8, 4) is 0 Å². The summed E-state index contributed by atoms with van der Waals surface area (Å²) in [6, 6.07) is 5.07. The summed E-state index contributed by atoms with van der Waals surface area (Å²) in [4.78, 5) is 0. The molecule has 0 nitrogen and oxygen atoms in total. The first-order chi connectivity index (χ1) is 8.21. The minimum absolute atomic E-state index is 0.718. The monoisotopic (exact) mass is 392 g/mol. The highest BCUT2D eigenvalue weighted by molar-refractivity contribution is 7.70. The van der Waals surface area contributed by atoms with Crippen molar-refractivity contribution < 1.29 is 0 Å². The molecule has 0 saturated carbocycles. The van der Waals surface area contributed by atoms with Crippen molar-refractivity contribution in [3.63, 3.8) is 0 Å². The number of hydrogen-bond donors (Lipinski definition) is 0. The zero-order valence-electron chi connectivity index (χ0n) is 8.73. The lowest BCUT2D eigenvalue weighted by molar-refractivity contribution is 1.81. The summed E-state index contributed by atoms with van der Waals surface area (Å²) in [6.45, 7) is 0. The first-order valence-corrected chi connectivity index (χ1v) is 14.9. The molecule has 18 heavy (non-hydrogen) atoms. The summed E-state index contributed by atoms with van der Waals surface area (Å²) < 4.78 is 0. The molecule has 0 aliphatic carbocycles. The fourth-order valence-electron chi connectivity index (χ4n) is 1.79. The number of halogens is 6. The third-order valence-corrected chi connectivity index (χ3v) is 8.29. The Morgan fingerprint density at radius 3 is 1.17 bits per heavy atom. The molecular weight excluding hydrogens is 389 g/mol. The molecule has 0 fully saturated rings. The van der Waals surface area contributed by atoms with E-state index >= 15 is 0 Å². The number of hydrogen-bond acceptors (Lipinski definition) is 0. The van der Waals surface area contributed by atoms with Crippen molar-refractivity contribution in [2.24, 2.45) is 0 Å². The zero-order chi connectivity index (χ0) is 13.6. The Labute approximate surface area is 135 Å². The maximum Gasteiger partial charge on any atom is 0.373 e. The van der Waals surface area contributed by atoms with Crippen LogP contribution in [0.1, 0.15) is 0 Å². The number of fused-ring (bicyclic) bond motifs is 1. The number of rotatable bonds is 2. The van der Waals surface area contributed by atoms with Crippen LogP contribution in [0.4, 0.5) is 0 Å². The van der Waals surface area contributed by atoms with Crippen molar-refractivity contribution in [2.75, 3.05) is 0 Å². The molecule has 0 spiro atoms. The second kappa shape index (κ2) is 5.34. The van der Waals surface area contributed by atoms with Crippen molar-refractivity contribution >= 4 is 99.6 Å². The topological polar surface area (TPSA) is 0 Å². The highest BCUT2D eigenvalue weighted by atomic mass is 35.8.